The summed E-state index contributed by atoms with van der Waals surface area (Å²) in [6, 6.07) is 17.9. The Balaban J connectivity index is 1.43. The minimum atomic E-state index is -0.557. The molecule has 0 amide bonds. The average Bonchev–Trinajstić information content (AvgIpc) is 3.16. The summed E-state index contributed by atoms with van der Waals surface area (Å²) in [5.41, 5.74) is 1.51. The molecule has 1 saturated heterocycles. The van der Waals surface area contributed by atoms with E-state index in [0.29, 0.717) is 17.4 Å². The number of hydrogen-bond donors (Lipinski definition) is 0. The third-order valence-electron chi connectivity index (χ3n) is 5.96. The molecule has 1 fully saturated rings. The number of benzene rings is 2. The highest BCUT2D eigenvalue weighted by molar-refractivity contribution is 5.77. The zero-order valence-electron chi connectivity index (χ0n) is 16.2. The van der Waals surface area contributed by atoms with Crippen LogP contribution in [-0.2, 0) is 13.1 Å². The van der Waals surface area contributed by atoms with Gasteiger partial charge in [-0.15, -0.1) is 0 Å². The number of aromatic nitrogens is 1. The smallest absolute Gasteiger partial charge is 0.372 e. The highest BCUT2D eigenvalue weighted by Crippen LogP contribution is 2.24. The van der Waals surface area contributed by atoms with Crippen LogP contribution in [0.25, 0.3) is 10.9 Å². The standard InChI is InChI=1S/C23H27N2O3/c26-22-20-12-4-5-13-21(20)24(23(27)28-22)14-6-7-15-25(16-8-9-17-25)18-19-10-2-1-3-11-19/h1-5,10-13H,6-9,14-18H2/q+1. The van der Waals surface area contributed by atoms with Gasteiger partial charge in [0.05, 0.1) is 30.5 Å². The van der Waals surface area contributed by atoms with Gasteiger partial charge in [0.15, 0.2) is 0 Å². The summed E-state index contributed by atoms with van der Waals surface area (Å²) < 4.78 is 7.64. The van der Waals surface area contributed by atoms with Crippen molar-refractivity contribution >= 4 is 10.9 Å². The third-order valence-corrected chi connectivity index (χ3v) is 5.96. The topological polar surface area (TPSA) is 52.2 Å². The van der Waals surface area contributed by atoms with E-state index in [0.717, 1.165) is 30.4 Å². The molecule has 28 heavy (non-hydrogen) atoms. The Kier molecular flexibility index (Phi) is 5.44. The molecule has 5 nitrogen and oxygen atoms in total. The molecule has 4 rings (SSSR count). The Hall–Kier alpha value is -2.66. The van der Waals surface area contributed by atoms with Gasteiger partial charge in [0.1, 0.15) is 6.54 Å². The fourth-order valence-corrected chi connectivity index (χ4v) is 4.54. The molecule has 1 aliphatic rings. The molecule has 2 heterocycles. The summed E-state index contributed by atoms with van der Waals surface area (Å²) in [6.45, 7) is 5.26. The monoisotopic (exact) mass is 379 g/mol. The first-order valence-electron chi connectivity index (χ1n) is 10.2. The fraction of sp³-hybridized carbons (Fsp3) is 0.391. The van der Waals surface area contributed by atoms with E-state index >= 15 is 0 Å². The Morgan fingerprint density at radius 2 is 1.61 bits per heavy atom. The van der Waals surface area contributed by atoms with E-state index in [1.165, 1.54) is 31.5 Å². The minimum Gasteiger partial charge on any atom is -0.372 e. The molecule has 3 aromatic rings. The van der Waals surface area contributed by atoms with Crippen LogP contribution in [-0.4, -0.2) is 28.7 Å². The van der Waals surface area contributed by atoms with Crippen LogP contribution in [0.3, 0.4) is 0 Å². The van der Waals surface area contributed by atoms with Crippen LogP contribution in [0, 0.1) is 0 Å². The van der Waals surface area contributed by atoms with Crippen molar-refractivity contribution < 1.29 is 8.90 Å². The number of likely N-dealkylation sites (tertiary alicyclic amines) is 1. The lowest BCUT2D eigenvalue weighted by atomic mass is 10.1. The second-order valence-electron chi connectivity index (χ2n) is 7.89. The Morgan fingerprint density at radius 1 is 0.893 bits per heavy atom. The van der Waals surface area contributed by atoms with E-state index in [9.17, 15) is 9.59 Å². The highest BCUT2D eigenvalue weighted by atomic mass is 16.4. The average molecular weight is 379 g/mol. The zero-order valence-corrected chi connectivity index (χ0v) is 16.2. The quantitative estimate of drug-likeness (QED) is 0.466. The van der Waals surface area contributed by atoms with E-state index in [4.69, 9.17) is 4.42 Å². The lowest BCUT2D eigenvalue weighted by Gasteiger charge is -2.34. The molecule has 0 saturated carbocycles. The number of hydrogen-bond acceptors (Lipinski definition) is 3. The van der Waals surface area contributed by atoms with Crippen molar-refractivity contribution in [2.45, 2.75) is 38.8 Å². The van der Waals surface area contributed by atoms with Crippen LogP contribution in [0.4, 0.5) is 0 Å². The van der Waals surface area contributed by atoms with Crippen molar-refractivity contribution in [3.05, 3.63) is 81.1 Å². The van der Waals surface area contributed by atoms with Gasteiger partial charge in [-0.25, -0.2) is 9.59 Å². The summed E-state index contributed by atoms with van der Waals surface area (Å²) in [6.07, 6.45) is 4.53. The molecule has 1 aliphatic heterocycles. The molecule has 5 heteroatoms. The summed E-state index contributed by atoms with van der Waals surface area (Å²) in [7, 11) is 0. The summed E-state index contributed by atoms with van der Waals surface area (Å²) in [4.78, 5) is 24.1. The second-order valence-corrected chi connectivity index (χ2v) is 7.89. The largest absolute Gasteiger partial charge is 0.422 e. The third kappa shape index (κ3) is 3.94. The molecular weight excluding hydrogens is 352 g/mol. The Labute approximate surface area is 164 Å². The minimum absolute atomic E-state index is 0.467. The van der Waals surface area contributed by atoms with Gasteiger partial charge in [-0.2, -0.15) is 0 Å². The van der Waals surface area contributed by atoms with E-state index in [-0.39, 0.29) is 0 Å². The van der Waals surface area contributed by atoms with Crippen LogP contribution < -0.4 is 11.4 Å². The second kappa shape index (κ2) is 8.15. The Morgan fingerprint density at radius 3 is 2.39 bits per heavy atom. The zero-order chi connectivity index (χ0) is 19.4. The Bertz CT molecular complexity index is 1050. The molecule has 146 valence electrons. The number of rotatable bonds is 7. The van der Waals surface area contributed by atoms with Crippen molar-refractivity contribution in [1.82, 2.24) is 4.57 Å². The van der Waals surface area contributed by atoms with Gasteiger partial charge >= 0.3 is 11.4 Å². The molecule has 0 unspecified atom stereocenters. The van der Waals surface area contributed by atoms with Gasteiger partial charge in [0.2, 0.25) is 0 Å². The van der Waals surface area contributed by atoms with Gasteiger partial charge in [0, 0.05) is 24.9 Å². The number of para-hydroxylation sites is 1. The first-order chi connectivity index (χ1) is 13.7. The van der Waals surface area contributed by atoms with Crippen LogP contribution in [0.1, 0.15) is 31.2 Å². The highest BCUT2D eigenvalue weighted by Gasteiger charge is 2.31. The maximum absolute atomic E-state index is 12.2. The van der Waals surface area contributed by atoms with Crippen LogP contribution in [0.15, 0.2) is 68.6 Å². The molecule has 0 spiro atoms. The van der Waals surface area contributed by atoms with Crippen LogP contribution in [0.2, 0.25) is 0 Å². The number of fused-ring (bicyclic) bond motifs is 1. The van der Waals surface area contributed by atoms with Gasteiger partial charge in [-0.05, 0) is 25.0 Å². The predicted molar refractivity (Wildman–Crippen MR) is 110 cm³/mol. The first kappa shape index (κ1) is 18.7. The SMILES string of the molecule is O=c1oc(=O)n(CCCC[N+]2(Cc3ccccc3)CCCC2)c2ccccc12. The van der Waals surface area contributed by atoms with Gasteiger partial charge in [-0.3, -0.25) is 4.57 Å². The number of quaternary nitrogens is 1. The normalized spacial score (nSPS) is 15.9. The van der Waals surface area contributed by atoms with Crippen LogP contribution in [0.5, 0.6) is 0 Å². The maximum Gasteiger partial charge on any atom is 0.422 e. The van der Waals surface area contributed by atoms with Crippen molar-refractivity contribution in [1.29, 1.82) is 0 Å². The number of unbranched alkanes of at least 4 members (excludes halogenated alkanes) is 1. The van der Waals surface area contributed by atoms with E-state index < -0.39 is 11.4 Å². The molecule has 0 bridgehead atoms. The van der Waals surface area contributed by atoms with Gasteiger partial charge in [-0.1, -0.05) is 42.5 Å². The van der Waals surface area contributed by atoms with E-state index in [1.807, 2.05) is 12.1 Å². The lowest BCUT2D eigenvalue weighted by Crippen LogP contribution is -2.45. The van der Waals surface area contributed by atoms with Gasteiger partial charge in [0.25, 0.3) is 0 Å². The summed E-state index contributed by atoms with van der Waals surface area (Å²) in [5.74, 6) is -0.557. The molecule has 0 aliphatic carbocycles. The molecule has 0 radical (unpaired) electrons. The van der Waals surface area contributed by atoms with Crippen LogP contribution >= 0.6 is 0 Å². The van der Waals surface area contributed by atoms with E-state index in [1.54, 1.807) is 16.7 Å². The van der Waals surface area contributed by atoms with Crippen molar-refractivity contribution in [3.8, 4) is 0 Å². The van der Waals surface area contributed by atoms with Crippen molar-refractivity contribution in [2.75, 3.05) is 19.6 Å². The lowest BCUT2D eigenvalue weighted by molar-refractivity contribution is -0.930. The van der Waals surface area contributed by atoms with Gasteiger partial charge < -0.3 is 8.90 Å². The molecule has 0 N–H and O–H groups in total. The molecule has 0 atom stereocenters. The number of nitrogens with zero attached hydrogens (tertiary/aromatic N) is 2. The maximum atomic E-state index is 12.2. The summed E-state index contributed by atoms with van der Waals surface area (Å²) >= 11 is 0. The summed E-state index contributed by atoms with van der Waals surface area (Å²) in [5, 5.41) is 0.467. The number of aryl methyl sites for hydroxylation is 1. The molecular formula is C23H27N2O3+. The predicted octanol–water partition coefficient (Wildman–Crippen LogP) is 3.55. The van der Waals surface area contributed by atoms with Crippen molar-refractivity contribution in [2.24, 2.45) is 0 Å². The first-order valence-corrected chi connectivity index (χ1v) is 10.2. The fourth-order valence-electron chi connectivity index (χ4n) is 4.54. The molecule has 2 aromatic carbocycles. The molecule has 1 aromatic heterocycles. The van der Waals surface area contributed by atoms with Crippen molar-refractivity contribution in [3.63, 3.8) is 0 Å². The van der Waals surface area contributed by atoms with E-state index in [2.05, 4.69) is 30.3 Å².